The highest BCUT2D eigenvalue weighted by atomic mass is 16.4. The van der Waals surface area contributed by atoms with Crippen LogP contribution < -0.4 is 10.2 Å². The first-order valence-electron chi connectivity index (χ1n) is 13.0. The number of aryl methyl sites for hydroxylation is 2. The molecule has 8 nitrogen and oxygen atoms in total. The summed E-state index contributed by atoms with van der Waals surface area (Å²) in [5, 5.41) is 22.3. The van der Waals surface area contributed by atoms with Gasteiger partial charge < -0.3 is 15.5 Å². The van der Waals surface area contributed by atoms with E-state index in [0.29, 0.717) is 44.2 Å². The molecule has 0 bridgehead atoms. The Labute approximate surface area is 216 Å². The zero-order valence-electron chi connectivity index (χ0n) is 20.9. The van der Waals surface area contributed by atoms with Crippen molar-refractivity contribution in [1.82, 2.24) is 5.32 Å². The minimum Gasteiger partial charge on any atom is -0.481 e. The molecule has 2 aromatic carbocycles. The van der Waals surface area contributed by atoms with E-state index in [1.807, 2.05) is 42.5 Å². The van der Waals surface area contributed by atoms with E-state index in [0.717, 1.165) is 24.0 Å². The number of amides is 2. The molecule has 3 N–H and O–H groups in total. The third-order valence-electron chi connectivity index (χ3n) is 7.80. The van der Waals surface area contributed by atoms with Gasteiger partial charge in [-0.25, -0.2) is 0 Å². The predicted molar refractivity (Wildman–Crippen MR) is 138 cm³/mol. The second-order valence-electron chi connectivity index (χ2n) is 10.3. The molecule has 2 amide bonds. The normalized spacial score (nSPS) is 19.5. The monoisotopic (exact) mass is 506 g/mol. The molecule has 196 valence electrons. The summed E-state index contributed by atoms with van der Waals surface area (Å²) in [6, 6.07) is 16.0. The van der Waals surface area contributed by atoms with Crippen molar-refractivity contribution in [3.63, 3.8) is 0 Å². The lowest BCUT2D eigenvalue weighted by Crippen LogP contribution is -2.53. The van der Waals surface area contributed by atoms with Crippen LogP contribution in [0.4, 0.5) is 5.69 Å². The molecular formula is C29H34N2O6. The Morgan fingerprint density at radius 3 is 2.35 bits per heavy atom. The smallest absolute Gasteiger partial charge is 0.323 e. The molecule has 37 heavy (non-hydrogen) atoms. The number of hydrogen-bond donors (Lipinski definition) is 3. The van der Waals surface area contributed by atoms with Crippen LogP contribution >= 0.6 is 0 Å². The van der Waals surface area contributed by atoms with Crippen molar-refractivity contribution in [2.24, 2.45) is 11.3 Å². The number of hydrogen-bond acceptors (Lipinski definition) is 4. The van der Waals surface area contributed by atoms with Crippen molar-refractivity contribution >= 4 is 29.4 Å². The molecular weight excluding hydrogens is 472 g/mol. The molecule has 8 heteroatoms. The molecule has 0 saturated heterocycles. The van der Waals surface area contributed by atoms with E-state index in [2.05, 4.69) is 5.32 Å². The van der Waals surface area contributed by atoms with Gasteiger partial charge in [-0.15, -0.1) is 0 Å². The van der Waals surface area contributed by atoms with Gasteiger partial charge in [0.05, 0.1) is 11.3 Å². The molecule has 4 rings (SSSR count). The molecule has 2 aliphatic rings. The van der Waals surface area contributed by atoms with Gasteiger partial charge >= 0.3 is 11.9 Å². The van der Waals surface area contributed by atoms with Crippen LogP contribution in [0, 0.1) is 11.3 Å². The van der Waals surface area contributed by atoms with Crippen molar-refractivity contribution in [1.29, 1.82) is 0 Å². The molecule has 2 aromatic rings. The molecule has 0 radical (unpaired) electrons. The summed E-state index contributed by atoms with van der Waals surface area (Å²) in [6.07, 6.45) is 4.94. The quantitative estimate of drug-likeness (QED) is 0.450. The highest BCUT2D eigenvalue weighted by Gasteiger charge is 2.45. The number of carbonyl (C=O) groups excluding carboxylic acids is 2. The Bertz CT molecular complexity index is 1140. The molecule has 1 saturated carbocycles. The SMILES string of the molecule is O=C(O)CN1C(=O)C(NC(=O)C2(C[C@@H](CCc3ccccc3)C(=O)O)CCCC2)CCc2ccccc21. The number of aliphatic carboxylic acids is 2. The standard InChI is InChI=1S/C29H34N2O6/c32-25(33)19-31-24-11-5-4-10-21(24)14-15-23(26(31)34)30-28(37)29(16-6-7-17-29)18-22(27(35)36)13-12-20-8-2-1-3-9-20/h1-5,8-11,22-23H,6-7,12-19H2,(H,30,37)(H,32,33)(H,35,36)/t22-,23?/m1/s1. The minimum atomic E-state index is -1.13. The third kappa shape index (κ3) is 6.18. The maximum Gasteiger partial charge on any atom is 0.323 e. The van der Waals surface area contributed by atoms with Crippen LogP contribution in [0.1, 0.15) is 56.1 Å². The number of carbonyl (C=O) groups is 4. The topological polar surface area (TPSA) is 124 Å². The number of benzene rings is 2. The lowest BCUT2D eigenvalue weighted by Gasteiger charge is -2.33. The summed E-state index contributed by atoms with van der Waals surface area (Å²) in [6.45, 7) is -0.492. The molecule has 1 fully saturated rings. The average molecular weight is 507 g/mol. The van der Waals surface area contributed by atoms with Crippen LogP contribution in [-0.2, 0) is 32.0 Å². The number of anilines is 1. The summed E-state index contributed by atoms with van der Waals surface area (Å²) in [4.78, 5) is 52.1. The number of rotatable bonds is 10. The van der Waals surface area contributed by atoms with Gasteiger partial charge in [0.15, 0.2) is 0 Å². The van der Waals surface area contributed by atoms with Crippen LogP contribution in [0.25, 0.3) is 0 Å². The third-order valence-corrected chi connectivity index (χ3v) is 7.80. The Hall–Kier alpha value is -3.68. The highest BCUT2D eigenvalue weighted by Crippen LogP contribution is 2.44. The largest absolute Gasteiger partial charge is 0.481 e. The number of nitrogens with one attached hydrogen (secondary N) is 1. The fourth-order valence-corrected chi connectivity index (χ4v) is 5.81. The van der Waals surface area contributed by atoms with Crippen LogP contribution in [0.3, 0.4) is 0 Å². The summed E-state index contributed by atoms with van der Waals surface area (Å²) in [5.41, 5.74) is 1.61. The van der Waals surface area contributed by atoms with E-state index >= 15 is 0 Å². The molecule has 1 aliphatic carbocycles. The molecule has 1 heterocycles. The summed E-state index contributed by atoms with van der Waals surface area (Å²) in [7, 11) is 0. The van der Waals surface area contributed by atoms with Gasteiger partial charge in [0.25, 0.3) is 0 Å². The fraction of sp³-hybridized carbons (Fsp3) is 0.448. The van der Waals surface area contributed by atoms with Crippen molar-refractivity contribution in [3.8, 4) is 0 Å². The molecule has 0 spiro atoms. The van der Waals surface area contributed by atoms with Crippen molar-refractivity contribution in [2.75, 3.05) is 11.4 Å². The summed E-state index contributed by atoms with van der Waals surface area (Å²) in [5.74, 6) is -3.47. The molecule has 1 aliphatic heterocycles. The number of nitrogens with zero attached hydrogens (tertiary/aromatic N) is 1. The first-order chi connectivity index (χ1) is 17.8. The van der Waals surface area contributed by atoms with Gasteiger partial charge in [0.1, 0.15) is 12.6 Å². The lowest BCUT2D eigenvalue weighted by atomic mass is 9.75. The first kappa shape index (κ1) is 26.4. The average Bonchev–Trinajstić information content (AvgIpc) is 3.33. The van der Waals surface area contributed by atoms with E-state index < -0.39 is 41.8 Å². The lowest BCUT2D eigenvalue weighted by molar-refractivity contribution is -0.145. The van der Waals surface area contributed by atoms with Gasteiger partial charge in [-0.3, -0.25) is 24.1 Å². The zero-order valence-corrected chi connectivity index (χ0v) is 20.9. The second-order valence-corrected chi connectivity index (χ2v) is 10.3. The van der Waals surface area contributed by atoms with Crippen molar-refractivity contribution in [2.45, 2.75) is 63.8 Å². The van der Waals surface area contributed by atoms with E-state index in [4.69, 9.17) is 0 Å². The van der Waals surface area contributed by atoms with Crippen LogP contribution in [-0.4, -0.2) is 46.6 Å². The van der Waals surface area contributed by atoms with Gasteiger partial charge in [-0.1, -0.05) is 61.4 Å². The number of para-hydroxylation sites is 1. The Morgan fingerprint density at radius 1 is 1.00 bits per heavy atom. The molecule has 0 aromatic heterocycles. The zero-order chi connectivity index (χ0) is 26.4. The van der Waals surface area contributed by atoms with E-state index in [-0.39, 0.29) is 12.3 Å². The first-order valence-corrected chi connectivity index (χ1v) is 13.0. The summed E-state index contributed by atoms with van der Waals surface area (Å²) >= 11 is 0. The Balaban J connectivity index is 1.51. The fourth-order valence-electron chi connectivity index (χ4n) is 5.81. The second kappa shape index (κ2) is 11.6. The van der Waals surface area contributed by atoms with Gasteiger partial charge in [-0.2, -0.15) is 0 Å². The van der Waals surface area contributed by atoms with E-state index in [9.17, 15) is 29.4 Å². The number of fused-ring (bicyclic) bond motifs is 1. The highest BCUT2D eigenvalue weighted by molar-refractivity contribution is 6.03. The van der Waals surface area contributed by atoms with Crippen LogP contribution in [0.5, 0.6) is 0 Å². The number of carboxylic acid groups (broad SMARTS) is 2. The minimum absolute atomic E-state index is 0.223. The van der Waals surface area contributed by atoms with Crippen molar-refractivity contribution < 1.29 is 29.4 Å². The van der Waals surface area contributed by atoms with Gasteiger partial charge in [-0.05, 0) is 62.1 Å². The van der Waals surface area contributed by atoms with E-state index in [1.165, 1.54) is 4.90 Å². The van der Waals surface area contributed by atoms with Crippen LogP contribution in [0.2, 0.25) is 0 Å². The van der Waals surface area contributed by atoms with Gasteiger partial charge in [0.2, 0.25) is 11.8 Å². The summed E-state index contributed by atoms with van der Waals surface area (Å²) < 4.78 is 0. The maximum absolute atomic E-state index is 13.7. The van der Waals surface area contributed by atoms with E-state index in [1.54, 1.807) is 12.1 Å². The predicted octanol–water partition coefficient (Wildman–Crippen LogP) is 3.82. The van der Waals surface area contributed by atoms with Crippen LogP contribution in [0.15, 0.2) is 54.6 Å². The Morgan fingerprint density at radius 2 is 1.68 bits per heavy atom. The molecule has 1 unspecified atom stereocenters. The van der Waals surface area contributed by atoms with Crippen molar-refractivity contribution in [3.05, 3.63) is 65.7 Å². The molecule has 2 atom stereocenters. The Kier molecular flexibility index (Phi) is 8.26. The number of carboxylic acids is 2. The van der Waals surface area contributed by atoms with Gasteiger partial charge in [0, 0.05) is 5.69 Å². The maximum atomic E-state index is 13.7.